The lowest BCUT2D eigenvalue weighted by molar-refractivity contribution is -0.137. The fourth-order valence-corrected chi connectivity index (χ4v) is 3.90. The van der Waals surface area contributed by atoms with Crippen molar-refractivity contribution < 1.29 is 13.2 Å². The second-order valence-corrected chi connectivity index (χ2v) is 8.02. The first-order valence-electron chi connectivity index (χ1n) is 7.31. The van der Waals surface area contributed by atoms with E-state index in [2.05, 4.69) is 31.7 Å². The summed E-state index contributed by atoms with van der Waals surface area (Å²) in [5, 5.41) is 1.27. The second-order valence-electron chi connectivity index (χ2n) is 5.40. The largest absolute Gasteiger partial charge is 0.416 e. The van der Waals surface area contributed by atoms with E-state index in [0.717, 1.165) is 12.1 Å². The molecule has 0 N–H and O–H groups in total. The standard InChI is InChI=1S/C19H18F3P.B/c1-15(2)23(18-8-4-3-5-9-18)14-6-7-16-10-12-17(13-11-16)19(20,21)22;/h3-5,7-15H,1-2H3;. The van der Waals surface area contributed by atoms with Gasteiger partial charge in [-0.1, -0.05) is 56.3 Å². The molecule has 3 radical (unpaired) electrons. The van der Waals surface area contributed by atoms with Crippen LogP contribution < -0.4 is 5.30 Å². The zero-order chi connectivity index (χ0) is 16.9. The highest BCUT2D eigenvalue weighted by Gasteiger charge is 2.29. The molecule has 2 aromatic rings. The van der Waals surface area contributed by atoms with E-state index in [4.69, 9.17) is 0 Å². The maximum absolute atomic E-state index is 12.5. The van der Waals surface area contributed by atoms with Crippen molar-refractivity contribution in [3.8, 4) is 0 Å². The van der Waals surface area contributed by atoms with Crippen LogP contribution in [0.5, 0.6) is 0 Å². The summed E-state index contributed by atoms with van der Waals surface area (Å²) < 4.78 is 37.6. The normalized spacial score (nSPS) is 12.1. The molecule has 24 heavy (non-hydrogen) atoms. The quantitative estimate of drug-likeness (QED) is 0.381. The molecular formula is C19H18BF3P. The van der Waals surface area contributed by atoms with Crippen LogP contribution in [0.3, 0.4) is 0 Å². The molecule has 0 amide bonds. The summed E-state index contributed by atoms with van der Waals surface area (Å²) in [4.78, 5) is 0. The molecule has 5 heteroatoms. The van der Waals surface area contributed by atoms with Crippen LogP contribution in [0.25, 0.3) is 6.08 Å². The average molecular weight is 345 g/mol. The van der Waals surface area contributed by atoms with E-state index in [9.17, 15) is 13.2 Å². The van der Waals surface area contributed by atoms with Gasteiger partial charge >= 0.3 is 6.18 Å². The molecular weight excluding hydrogens is 327 g/mol. The maximum Gasteiger partial charge on any atom is 0.416 e. The summed E-state index contributed by atoms with van der Waals surface area (Å²) in [6, 6.07) is 15.3. The minimum absolute atomic E-state index is 0. The first-order valence-corrected chi connectivity index (χ1v) is 8.79. The second kappa shape index (κ2) is 8.92. The number of rotatable bonds is 4. The van der Waals surface area contributed by atoms with E-state index in [0.29, 0.717) is 11.2 Å². The highest BCUT2D eigenvalue weighted by atomic mass is 31.1. The van der Waals surface area contributed by atoms with E-state index in [1.165, 1.54) is 17.4 Å². The van der Waals surface area contributed by atoms with Gasteiger partial charge in [-0.25, -0.2) is 0 Å². The number of alkyl halides is 3. The Hall–Kier alpha value is -1.76. The molecule has 0 aliphatic carbocycles. The van der Waals surface area contributed by atoms with Gasteiger partial charge < -0.3 is 0 Å². The Bertz CT molecular complexity index is 685. The number of benzene rings is 2. The topological polar surface area (TPSA) is 0 Å². The van der Waals surface area contributed by atoms with Crippen LogP contribution >= 0.6 is 7.92 Å². The van der Waals surface area contributed by atoms with E-state index in [-0.39, 0.29) is 8.41 Å². The highest BCUT2D eigenvalue weighted by molar-refractivity contribution is 7.69. The van der Waals surface area contributed by atoms with Crippen LogP contribution in [-0.4, -0.2) is 14.1 Å². The van der Waals surface area contributed by atoms with E-state index < -0.39 is 19.7 Å². The van der Waals surface area contributed by atoms with Crippen molar-refractivity contribution in [1.82, 2.24) is 0 Å². The van der Waals surface area contributed by atoms with Crippen molar-refractivity contribution in [3.63, 3.8) is 0 Å². The Balaban J connectivity index is 0.00000288. The lowest BCUT2D eigenvalue weighted by atomic mass is 10.1. The monoisotopic (exact) mass is 345 g/mol. The molecule has 0 nitrogen and oxygen atoms in total. The molecule has 2 rings (SSSR count). The number of hydrogen-bond acceptors (Lipinski definition) is 0. The predicted octanol–water partition coefficient (Wildman–Crippen LogP) is 5.67. The molecule has 0 bridgehead atoms. The third-order valence-corrected chi connectivity index (χ3v) is 5.75. The lowest BCUT2D eigenvalue weighted by Gasteiger charge is -2.16. The van der Waals surface area contributed by atoms with Gasteiger partial charge in [0.05, 0.1) is 5.56 Å². The molecule has 123 valence electrons. The molecule has 0 heterocycles. The zero-order valence-corrected chi connectivity index (χ0v) is 14.5. The van der Waals surface area contributed by atoms with Crippen molar-refractivity contribution in [2.24, 2.45) is 0 Å². The van der Waals surface area contributed by atoms with Gasteiger partial charge in [0.1, 0.15) is 0 Å². The van der Waals surface area contributed by atoms with Gasteiger partial charge in [0.15, 0.2) is 0 Å². The Morgan fingerprint density at radius 3 is 2.04 bits per heavy atom. The third-order valence-electron chi connectivity index (χ3n) is 3.31. The van der Waals surface area contributed by atoms with Crippen LogP contribution in [0.1, 0.15) is 25.0 Å². The summed E-state index contributed by atoms with van der Waals surface area (Å²) in [7, 11) is -0.483. The first kappa shape index (κ1) is 20.3. The summed E-state index contributed by atoms with van der Waals surface area (Å²) >= 11 is 0. The lowest BCUT2D eigenvalue weighted by Crippen LogP contribution is -2.05. The fraction of sp³-hybridized carbons (Fsp3) is 0.211. The molecule has 2 aromatic carbocycles. The molecule has 0 aliphatic rings. The molecule has 1 unspecified atom stereocenters. The molecule has 1 atom stereocenters. The first-order chi connectivity index (χ1) is 10.9. The van der Waals surface area contributed by atoms with Crippen molar-refractivity contribution in [1.29, 1.82) is 0 Å². The maximum atomic E-state index is 12.5. The van der Waals surface area contributed by atoms with Crippen LogP contribution in [0, 0.1) is 0 Å². The minimum atomic E-state index is -4.29. The highest BCUT2D eigenvalue weighted by Crippen LogP contribution is 2.41. The Morgan fingerprint density at radius 1 is 0.958 bits per heavy atom. The fourth-order valence-electron chi connectivity index (χ4n) is 2.10. The third kappa shape index (κ3) is 5.71. The number of hydrogen-bond donors (Lipinski definition) is 0. The van der Waals surface area contributed by atoms with Gasteiger partial charge in [-0.2, -0.15) is 13.2 Å². The van der Waals surface area contributed by atoms with Crippen LogP contribution in [0.4, 0.5) is 13.2 Å². The Morgan fingerprint density at radius 2 is 1.54 bits per heavy atom. The molecule has 0 spiro atoms. The summed E-state index contributed by atoms with van der Waals surface area (Å²) in [6.45, 7) is 4.32. The summed E-state index contributed by atoms with van der Waals surface area (Å²) in [5.74, 6) is 2.03. The van der Waals surface area contributed by atoms with Crippen LogP contribution in [0.15, 0.2) is 66.1 Å². The van der Waals surface area contributed by atoms with Crippen molar-refractivity contribution in [3.05, 3.63) is 77.3 Å². The van der Waals surface area contributed by atoms with Crippen LogP contribution in [0.2, 0.25) is 0 Å². The Kier molecular flexibility index (Phi) is 7.54. The van der Waals surface area contributed by atoms with Gasteiger partial charge in [0.2, 0.25) is 0 Å². The SMILES string of the molecule is CC(C)P(C=C=Cc1ccc(C(F)(F)F)cc1)c1ccccc1.[B]. The predicted molar refractivity (Wildman–Crippen MR) is 97.9 cm³/mol. The van der Waals surface area contributed by atoms with Crippen LogP contribution in [-0.2, 0) is 6.18 Å². The average Bonchev–Trinajstić information content (AvgIpc) is 2.51. The smallest absolute Gasteiger partial charge is 0.166 e. The molecule has 0 aliphatic heterocycles. The molecule has 0 saturated carbocycles. The molecule has 0 aromatic heterocycles. The molecule has 0 fully saturated rings. The van der Waals surface area contributed by atoms with Gasteiger partial charge in [-0.15, -0.1) is 5.73 Å². The van der Waals surface area contributed by atoms with Gasteiger partial charge in [-0.3, -0.25) is 0 Å². The van der Waals surface area contributed by atoms with E-state index in [1.807, 2.05) is 24.0 Å². The Labute approximate surface area is 144 Å². The van der Waals surface area contributed by atoms with Gasteiger partial charge in [-0.05, 0) is 48.5 Å². The van der Waals surface area contributed by atoms with E-state index in [1.54, 1.807) is 6.08 Å². The van der Waals surface area contributed by atoms with Crippen molar-refractivity contribution in [2.75, 3.05) is 0 Å². The summed E-state index contributed by atoms with van der Waals surface area (Å²) in [6.07, 6.45) is -2.57. The van der Waals surface area contributed by atoms with Crippen molar-refractivity contribution >= 4 is 27.7 Å². The van der Waals surface area contributed by atoms with Crippen molar-refractivity contribution in [2.45, 2.75) is 25.7 Å². The summed E-state index contributed by atoms with van der Waals surface area (Å²) in [5.41, 5.74) is 3.69. The van der Waals surface area contributed by atoms with E-state index >= 15 is 0 Å². The van der Waals surface area contributed by atoms with Gasteiger partial charge in [0, 0.05) is 8.41 Å². The molecule has 0 saturated heterocycles. The zero-order valence-electron chi connectivity index (χ0n) is 13.6. The van der Waals surface area contributed by atoms with Gasteiger partial charge in [0.25, 0.3) is 0 Å². The number of halogens is 3. The minimum Gasteiger partial charge on any atom is -0.166 e.